The van der Waals surface area contributed by atoms with Crippen molar-refractivity contribution in [2.45, 2.75) is 13.0 Å². The fourth-order valence-corrected chi connectivity index (χ4v) is 1.16. The van der Waals surface area contributed by atoms with Crippen LogP contribution in [0.3, 0.4) is 0 Å². The van der Waals surface area contributed by atoms with Crippen molar-refractivity contribution in [2.75, 3.05) is 0 Å². The van der Waals surface area contributed by atoms with Crippen LogP contribution >= 0.6 is 11.6 Å². The predicted molar refractivity (Wildman–Crippen MR) is 53.9 cm³/mol. The first kappa shape index (κ1) is 11.3. The number of rotatable bonds is 3. The summed E-state index contributed by atoms with van der Waals surface area (Å²) in [6, 6.07) is 6.49. The van der Waals surface area contributed by atoms with Crippen LogP contribution < -0.4 is 4.74 Å². The van der Waals surface area contributed by atoms with Crippen molar-refractivity contribution >= 4 is 17.6 Å². The Kier molecular flexibility index (Phi) is 3.53. The van der Waals surface area contributed by atoms with Gasteiger partial charge in [-0.2, -0.15) is 5.26 Å². The number of carboxylic acids is 1. The lowest BCUT2D eigenvalue weighted by molar-refractivity contribution is -0.144. The van der Waals surface area contributed by atoms with E-state index in [-0.39, 0.29) is 16.3 Å². The van der Waals surface area contributed by atoms with E-state index in [0.29, 0.717) is 0 Å². The first-order chi connectivity index (χ1) is 7.06. The smallest absolute Gasteiger partial charge is 0.344 e. The molecule has 0 radical (unpaired) electrons. The zero-order valence-corrected chi connectivity index (χ0v) is 8.65. The Morgan fingerprint density at radius 2 is 2.33 bits per heavy atom. The fourth-order valence-electron chi connectivity index (χ4n) is 0.952. The van der Waals surface area contributed by atoms with Crippen molar-refractivity contribution in [3.63, 3.8) is 0 Å². The maximum atomic E-state index is 10.5. The minimum absolute atomic E-state index is 0.146. The van der Waals surface area contributed by atoms with Gasteiger partial charge in [0.2, 0.25) is 0 Å². The van der Waals surface area contributed by atoms with Crippen LogP contribution in [0.25, 0.3) is 0 Å². The number of carboxylic acid groups (broad SMARTS) is 1. The van der Waals surface area contributed by atoms with Gasteiger partial charge in [0, 0.05) is 0 Å². The summed E-state index contributed by atoms with van der Waals surface area (Å²) in [4.78, 5) is 10.5. The zero-order valence-electron chi connectivity index (χ0n) is 7.90. The van der Waals surface area contributed by atoms with Gasteiger partial charge in [0.25, 0.3) is 0 Å². The van der Waals surface area contributed by atoms with E-state index < -0.39 is 12.1 Å². The monoisotopic (exact) mass is 225 g/mol. The second kappa shape index (κ2) is 4.67. The molecule has 0 bridgehead atoms. The van der Waals surface area contributed by atoms with Crippen LogP contribution in [-0.2, 0) is 4.79 Å². The highest BCUT2D eigenvalue weighted by atomic mass is 35.5. The van der Waals surface area contributed by atoms with Crippen molar-refractivity contribution in [1.29, 1.82) is 5.26 Å². The molecule has 0 aromatic heterocycles. The van der Waals surface area contributed by atoms with E-state index in [9.17, 15) is 4.79 Å². The van der Waals surface area contributed by atoms with Gasteiger partial charge in [-0.1, -0.05) is 17.7 Å². The fraction of sp³-hybridized carbons (Fsp3) is 0.200. The van der Waals surface area contributed by atoms with Crippen LogP contribution in [0.4, 0.5) is 0 Å². The standard InChI is InChI=1S/C10H8ClNO3/c1-6(10(13)14)15-9-4-2-3-8(11)7(9)5-12/h2-4,6H,1H3,(H,13,14). The molecule has 5 heteroatoms. The topological polar surface area (TPSA) is 70.3 Å². The van der Waals surface area contributed by atoms with Gasteiger partial charge in [0.05, 0.1) is 5.02 Å². The summed E-state index contributed by atoms with van der Waals surface area (Å²) in [6.45, 7) is 1.38. The van der Waals surface area contributed by atoms with Crippen molar-refractivity contribution in [3.05, 3.63) is 28.8 Å². The molecular weight excluding hydrogens is 218 g/mol. The first-order valence-electron chi connectivity index (χ1n) is 4.14. The molecule has 1 N–H and O–H groups in total. The highest BCUT2D eigenvalue weighted by Gasteiger charge is 2.15. The number of ether oxygens (including phenoxy) is 1. The van der Waals surface area contributed by atoms with Crippen molar-refractivity contribution < 1.29 is 14.6 Å². The molecule has 1 aromatic carbocycles. The van der Waals surface area contributed by atoms with Crippen LogP contribution in [0, 0.1) is 11.3 Å². The number of nitrogens with zero attached hydrogens (tertiary/aromatic N) is 1. The first-order valence-corrected chi connectivity index (χ1v) is 4.52. The summed E-state index contributed by atoms with van der Waals surface area (Å²) < 4.78 is 5.07. The van der Waals surface area contributed by atoms with Gasteiger partial charge in [-0.05, 0) is 19.1 Å². The molecule has 1 unspecified atom stereocenters. The maximum absolute atomic E-state index is 10.5. The highest BCUT2D eigenvalue weighted by Crippen LogP contribution is 2.26. The van der Waals surface area contributed by atoms with Crippen molar-refractivity contribution in [2.24, 2.45) is 0 Å². The number of carbonyl (C=O) groups is 1. The molecule has 0 heterocycles. The van der Waals surface area contributed by atoms with Crippen LogP contribution in [0.5, 0.6) is 5.75 Å². The third-order valence-corrected chi connectivity index (χ3v) is 2.05. The molecule has 15 heavy (non-hydrogen) atoms. The summed E-state index contributed by atoms with van der Waals surface area (Å²) in [6.07, 6.45) is -1.02. The zero-order chi connectivity index (χ0) is 11.4. The molecule has 1 atom stereocenters. The van der Waals surface area contributed by atoms with Gasteiger partial charge in [0.15, 0.2) is 6.10 Å². The van der Waals surface area contributed by atoms with Crippen LogP contribution in [0.1, 0.15) is 12.5 Å². The molecule has 1 rings (SSSR count). The minimum Gasteiger partial charge on any atom is -0.479 e. The summed E-state index contributed by atoms with van der Waals surface area (Å²) >= 11 is 5.74. The van der Waals surface area contributed by atoms with E-state index >= 15 is 0 Å². The van der Waals surface area contributed by atoms with E-state index in [0.717, 1.165) is 0 Å². The van der Waals surface area contributed by atoms with E-state index in [2.05, 4.69) is 0 Å². The highest BCUT2D eigenvalue weighted by molar-refractivity contribution is 6.31. The Labute approximate surface area is 91.7 Å². The maximum Gasteiger partial charge on any atom is 0.344 e. The number of hydrogen-bond acceptors (Lipinski definition) is 3. The lowest BCUT2D eigenvalue weighted by Crippen LogP contribution is -2.23. The third kappa shape index (κ3) is 2.61. The molecule has 4 nitrogen and oxygen atoms in total. The molecule has 0 aliphatic rings. The Bertz CT molecular complexity index is 425. The second-order valence-electron chi connectivity index (χ2n) is 2.82. The van der Waals surface area contributed by atoms with E-state index in [4.69, 9.17) is 26.7 Å². The van der Waals surface area contributed by atoms with Gasteiger partial charge in [-0.3, -0.25) is 0 Å². The van der Waals surface area contributed by atoms with Gasteiger partial charge < -0.3 is 9.84 Å². The van der Waals surface area contributed by atoms with Gasteiger partial charge >= 0.3 is 5.97 Å². The summed E-state index contributed by atoms with van der Waals surface area (Å²) in [5.41, 5.74) is 0.146. The second-order valence-corrected chi connectivity index (χ2v) is 3.23. The van der Waals surface area contributed by atoms with Crippen molar-refractivity contribution in [3.8, 4) is 11.8 Å². The Balaban J connectivity index is 3.01. The van der Waals surface area contributed by atoms with Crippen molar-refractivity contribution in [1.82, 2.24) is 0 Å². The minimum atomic E-state index is -1.10. The van der Waals surface area contributed by atoms with Gasteiger partial charge in [-0.15, -0.1) is 0 Å². The number of nitriles is 1. The molecule has 0 fully saturated rings. The Morgan fingerprint density at radius 1 is 1.67 bits per heavy atom. The van der Waals surface area contributed by atoms with E-state index in [1.807, 2.05) is 6.07 Å². The van der Waals surface area contributed by atoms with Gasteiger partial charge in [-0.25, -0.2) is 4.79 Å². The van der Waals surface area contributed by atoms with E-state index in [1.54, 1.807) is 12.1 Å². The Hall–Kier alpha value is -1.73. The summed E-state index contributed by atoms with van der Waals surface area (Å²) in [5, 5.41) is 17.7. The average Bonchev–Trinajstić information content (AvgIpc) is 2.18. The van der Waals surface area contributed by atoms with Crippen LogP contribution in [0.15, 0.2) is 18.2 Å². The molecule has 0 saturated carbocycles. The normalized spacial score (nSPS) is 11.5. The largest absolute Gasteiger partial charge is 0.479 e. The number of aliphatic carboxylic acids is 1. The molecule has 78 valence electrons. The number of halogens is 1. The lowest BCUT2D eigenvalue weighted by Gasteiger charge is -2.11. The van der Waals surface area contributed by atoms with Crippen LogP contribution in [-0.4, -0.2) is 17.2 Å². The third-order valence-electron chi connectivity index (χ3n) is 1.74. The number of hydrogen-bond donors (Lipinski definition) is 1. The molecular formula is C10H8ClNO3. The van der Waals surface area contributed by atoms with Gasteiger partial charge in [0.1, 0.15) is 17.4 Å². The SMILES string of the molecule is CC(Oc1cccc(Cl)c1C#N)C(=O)O. The Morgan fingerprint density at radius 3 is 2.87 bits per heavy atom. The molecule has 0 saturated heterocycles. The predicted octanol–water partition coefficient (Wildman–Crippen LogP) is 2.06. The van der Waals surface area contributed by atoms with Crippen LogP contribution in [0.2, 0.25) is 5.02 Å². The number of benzene rings is 1. The quantitative estimate of drug-likeness (QED) is 0.855. The molecule has 0 aliphatic heterocycles. The molecule has 0 spiro atoms. The average molecular weight is 226 g/mol. The lowest BCUT2D eigenvalue weighted by atomic mass is 10.2. The molecule has 1 aromatic rings. The summed E-state index contributed by atoms with van der Waals surface area (Å²) in [5.74, 6) is -0.918. The summed E-state index contributed by atoms with van der Waals surface area (Å²) in [7, 11) is 0. The van der Waals surface area contributed by atoms with E-state index in [1.165, 1.54) is 13.0 Å². The molecule has 0 amide bonds. The molecule has 0 aliphatic carbocycles.